The zero-order valence-electron chi connectivity index (χ0n) is 15.7. The molecule has 0 spiro atoms. The number of nitrogens with zero attached hydrogens (tertiary/aromatic N) is 2. The van der Waals surface area contributed by atoms with Crippen molar-refractivity contribution in [1.29, 1.82) is 5.26 Å². The van der Waals surface area contributed by atoms with Gasteiger partial charge in [-0.25, -0.2) is 9.37 Å². The Bertz CT molecular complexity index is 1110. The van der Waals surface area contributed by atoms with Crippen molar-refractivity contribution >= 4 is 23.4 Å². The molecule has 0 fully saturated rings. The lowest BCUT2D eigenvalue weighted by Gasteiger charge is -2.15. The fourth-order valence-electron chi connectivity index (χ4n) is 2.80. The molecule has 1 aromatic heterocycles. The average molecular weight is 430 g/mol. The van der Waals surface area contributed by atoms with Crippen LogP contribution in [0.25, 0.3) is 0 Å². The zero-order valence-corrected chi connectivity index (χ0v) is 17.3. The van der Waals surface area contributed by atoms with Crippen molar-refractivity contribution in [2.24, 2.45) is 0 Å². The van der Waals surface area contributed by atoms with Crippen LogP contribution >= 0.6 is 23.4 Å². The quantitative estimate of drug-likeness (QED) is 0.448. The van der Waals surface area contributed by atoms with E-state index >= 15 is 0 Å². The number of ether oxygens (including phenoxy) is 1. The maximum absolute atomic E-state index is 14.4. The van der Waals surface area contributed by atoms with Crippen LogP contribution in [0.2, 0.25) is 5.02 Å². The van der Waals surface area contributed by atoms with Gasteiger partial charge in [0.05, 0.1) is 18.9 Å². The van der Waals surface area contributed by atoms with Crippen LogP contribution in [-0.2, 0) is 5.75 Å². The maximum atomic E-state index is 14.4. The highest BCUT2D eigenvalue weighted by Gasteiger charge is 2.25. The van der Waals surface area contributed by atoms with Gasteiger partial charge in [0.1, 0.15) is 17.5 Å². The first-order valence-corrected chi connectivity index (χ1v) is 10.0. The molecule has 29 heavy (non-hydrogen) atoms. The van der Waals surface area contributed by atoms with Crippen LogP contribution in [0, 0.1) is 24.1 Å². The number of halogens is 2. The molecule has 148 valence electrons. The Hall–Kier alpha value is -2.82. The zero-order chi connectivity index (χ0) is 21.0. The largest absolute Gasteiger partial charge is 0.497 e. The summed E-state index contributed by atoms with van der Waals surface area (Å²) in [4.78, 5) is 19.6. The topological polar surface area (TPSA) is 78.8 Å². The summed E-state index contributed by atoms with van der Waals surface area (Å²) in [5, 5.41) is 10.2. The van der Waals surface area contributed by atoms with Gasteiger partial charge in [0.15, 0.2) is 5.16 Å². The molecular formula is C21H17ClFN3O2S. The summed E-state index contributed by atoms with van der Waals surface area (Å²) in [7, 11) is 1.60. The molecule has 0 aliphatic heterocycles. The van der Waals surface area contributed by atoms with Gasteiger partial charge in [-0.15, -0.1) is 0 Å². The highest BCUT2D eigenvalue weighted by atomic mass is 35.5. The lowest BCUT2D eigenvalue weighted by Crippen LogP contribution is -2.19. The number of H-pyrrole nitrogens is 1. The van der Waals surface area contributed by atoms with E-state index in [2.05, 4.69) is 9.97 Å². The number of methoxy groups -OCH3 is 1. The van der Waals surface area contributed by atoms with Gasteiger partial charge in [-0.3, -0.25) is 4.79 Å². The van der Waals surface area contributed by atoms with Crippen molar-refractivity contribution in [3.63, 3.8) is 0 Å². The van der Waals surface area contributed by atoms with Crippen LogP contribution in [0.3, 0.4) is 0 Å². The number of hydrogen-bond donors (Lipinski definition) is 1. The minimum Gasteiger partial charge on any atom is -0.497 e. The molecule has 0 radical (unpaired) electrons. The normalized spacial score (nSPS) is 11.7. The molecule has 3 aromatic rings. The first-order chi connectivity index (χ1) is 13.9. The summed E-state index contributed by atoms with van der Waals surface area (Å²) in [6, 6.07) is 13.8. The third-order valence-electron chi connectivity index (χ3n) is 4.39. The highest BCUT2D eigenvalue weighted by molar-refractivity contribution is 7.98. The van der Waals surface area contributed by atoms with E-state index in [-0.39, 0.29) is 27.4 Å². The van der Waals surface area contributed by atoms with Gasteiger partial charge in [0, 0.05) is 21.9 Å². The van der Waals surface area contributed by atoms with Crippen molar-refractivity contribution < 1.29 is 9.13 Å². The molecule has 3 rings (SSSR count). The number of rotatable bonds is 6. The van der Waals surface area contributed by atoms with E-state index in [9.17, 15) is 14.4 Å². The third kappa shape index (κ3) is 4.61. The standard InChI is InChI=1S/C21H17ClFN3O2S/c1-12-19(15(10-24)18-16(22)4-3-5-17(18)23)25-21(26-20(12)27)29-11-13-6-8-14(28-2)9-7-13/h3-9,15H,11H2,1-2H3,(H,25,26,27). The fraction of sp³-hybridized carbons (Fsp3) is 0.190. The number of hydrogen-bond acceptors (Lipinski definition) is 5. The van der Waals surface area contributed by atoms with Crippen molar-refractivity contribution in [3.8, 4) is 11.8 Å². The molecule has 1 atom stereocenters. The average Bonchev–Trinajstić information content (AvgIpc) is 2.72. The lowest BCUT2D eigenvalue weighted by molar-refractivity contribution is 0.414. The van der Waals surface area contributed by atoms with Gasteiger partial charge in [0.2, 0.25) is 0 Å². The number of nitrogens with one attached hydrogen (secondary N) is 1. The van der Waals surface area contributed by atoms with E-state index in [0.29, 0.717) is 10.9 Å². The summed E-state index contributed by atoms with van der Waals surface area (Å²) in [6.07, 6.45) is 0. The third-order valence-corrected chi connectivity index (χ3v) is 5.67. The summed E-state index contributed by atoms with van der Waals surface area (Å²) in [5.74, 6) is -0.404. The van der Waals surface area contributed by atoms with Gasteiger partial charge < -0.3 is 9.72 Å². The Morgan fingerprint density at radius 3 is 2.66 bits per heavy atom. The van der Waals surface area contributed by atoms with Gasteiger partial charge in [-0.2, -0.15) is 5.26 Å². The first-order valence-electron chi connectivity index (χ1n) is 8.64. The smallest absolute Gasteiger partial charge is 0.254 e. The van der Waals surface area contributed by atoms with Crippen molar-refractivity contribution in [2.75, 3.05) is 7.11 Å². The van der Waals surface area contributed by atoms with E-state index in [1.54, 1.807) is 14.0 Å². The number of nitriles is 1. The van der Waals surface area contributed by atoms with Crippen LogP contribution in [0.15, 0.2) is 52.4 Å². The molecule has 1 unspecified atom stereocenters. The molecule has 0 aliphatic rings. The van der Waals surface area contributed by atoms with E-state index in [4.69, 9.17) is 16.3 Å². The summed E-state index contributed by atoms with van der Waals surface area (Å²) in [6.45, 7) is 1.55. The van der Waals surface area contributed by atoms with Crippen molar-refractivity contribution in [2.45, 2.75) is 23.8 Å². The molecule has 1 heterocycles. The summed E-state index contributed by atoms with van der Waals surface area (Å²) >= 11 is 7.44. The van der Waals surface area contributed by atoms with Crippen LogP contribution in [0.1, 0.15) is 28.3 Å². The molecular weight excluding hydrogens is 413 g/mol. The molecule has 0 aliphatic carbocycles. The van der Waals surface area contributed by atoms with E-state index in [1.165, 1.54) is 30.0 Å². The molecule has 0 saturated carbocycles. The minimum absolute atomic E-state index is 0.0176. The SMILES string of the molecule is COc1ccc(CSc2nc(C(C#N)c3c(F)cccc3Cl)c(C)c(=O)[nH]2)cc1. The Morgan fingerprint density at radius 1 is 1.31 bits per heavy atom. The fourth-order valence-corrected chi connectivity index (χ4v) is 3.90. The Labute approximate surface area is 176 Å². The summed E-state index contributed by atoms with van der Waals surface area (Å²) < 4.78 is 19.5. The Kier molecular flexibility index (Phi) is 6.57. The van der Waals surface area contributed by atoms with Gasteiger partial charge in [0.25, 0.3) is 5.56 Å². The molecule has 0 amide bonds. The molecule has 5 nitrogen and oxygen atoms in total. The second-order valence-electron chi connectivity index (χ2n) is 6.22. The van der Waals surface area contributed by atoms with Crippen LogP contribution in [-0.4, -0.2) is 17.1 Å². The van der Waals surface area contributed by atoms with E-state index < -0.39 is 11.7 Å². The highest BCUT2D eigenvalue weighted by Crippen LogP contribution is 2.32. The van der Waals surface area contributed by atoms with Gasteiger partial charge in [-0.05, 0) is 36.8 Å². The van der Waals surface area contributed by atoms with Crippen molar-refractivity contribution in [3.05, 3.63) is 86.0 Å². The second kappa shape index (κ2) is 9.12. The van der Waals surface area contributed by atoms with Crippen molar-refractivity contribution in [1.82, 2.24) is 9.97 Å². The molecule has 2 aromatic carbocycles. The monoisotopic (exact) mass is 429 g/mol. The molecule has 8 heteroatoms. The van der Waals surface area contributed by atoms with Crippen LogP contribution in [0.5, 0.6) is 5.75 Å². The van der Waals surface area contributed by atoms with Gasteiger partial charge in [-0.1, -0.05) is 41.6 Å². The van der Waals surface area contributed by atoms with Gasteiger partial charge >= 0.3 is 0 Å². The summed E-state index contributed by atoms with van der Waals surface area (Å²) in [5.41, 5.74) is 1.10. The second-order valence-corrected chi connectivity index (χ2v) is 7.59. The van der Waals surface area contributed by atoms with E-state index in [1.807, 2.05) is 30.3 Å². The van der Waals surface area contributed by atoms with E-state index in [0.717, 1.165) is 11.3 Å². The minimum atomic E-state index is -1.09. The molecule has 0 bridgehead atoms. The number of benzene rings is 2. The predicted molar refractivity (Wildman–Crippen MR) is 111 cm³/mol. The Balaban J connectivity index is 1.94. The number of aromatic nitrogens is 2. The number of aromatic amines is 1. The lowest BCUT2D eigenvalue weighted by atomic mass is 9.94. The predicted octanol–water partition coefficient (Wildman–Crippen LogP) is 4.83. The molecule has 1 N–H and O–H groups in total. The molecule has 0 saturated heterocycles. The maximum Gasteiger partial charge on any atom is 0.254 e. The first kappa shape index (κ1) is 20.9. The number of thioether (sulfide) groups is 1. The van der Waals surface area contributed by atoms with Crippen LogP contribution < -0.4 is 10.3 Å². The Morgan fingerprint density at radius 2 is 2.03 bits per heavy atom. The van der Waals surface area contributed by atoms with Crippen LogP contribution in [0.4, 0.5) is 4.39 Å².